The molecule has 0 saturated heterocycles. The summed E-state index contributed by atoms with van der Waals surface area (Å²) in [6.07, 6.45) is 7.55. The molecule has 0 aliphatic carbocycles. The number of imidazole rings is 1. The van der Waals surface area contributed by atoms with Gasteiger partial charge in [0.2, 0.25) is 0 Å². The minimum absolute atomic E-state index is 0.184. The highest BCUT2D eigenvalue weighted by Crippen LogP contribution is 2.41. The molecular weight excluding hydrogens is 412 g/mol. The van der Waals surface area contributed by atoms with Gasteiger partial charge < -0.3 is 9.88 Å². The van der Waals surface area contributed by atoms with Gasteiger partial charge in [0.15, 0.2) is 11.0 Å². The van der Waals surface area contributed by atoms with E-state index < -0.39 is 0 Å². The molecule has 3 aromatic heterocycles. The smallest absolute Gasteiger partial charge is 0.172 e. The number of thioether (sulfide) groups is 1. The highest BCUT2D eigenvalue weighted by atomic mass is 32.2. The molecule has 1 atom stereocenters. The Balaban J connectivity index is 1.33. The number of fused-ring (bicyclic) bond motifs is 1. The lowest BCUT2D eigenvalue weighted by atomic mass is 9.98. The molecule has 1 N–H and O–H groups in total. The van der Waals surface area contributed by atoms with Crippen LogP contribution >= 0.6 is 23.5 Å². The van der Waals surface area contributed by atoms with Crippen LogP contribution in [0.2, 0.25) is 0 Å². The summed E-state index contributed by atoms with van der Waals surface area (Å²) >= 11 is 3.26. The van der Waals surface area contributed by atoms with Crippen LogP contribution in [0.25, 0.3) is 5.82 Å². The predicted octanol–water partition coefficient (Wildman–Crippen LogP) is 5.29. The average molecular weight is 433 g/mol. The van der Waals surface area contributed by atoms with Gasteiger partial charge in [0.05, 0.1) is 16.4 Å². The molecule has 1 unspecified atom stereocenters. The monoisotopic (exact) mass is 432 g/mol. The Labute approximate surface area is 183 Å². The Kier molecular flexibility index (Phi) is 4.88. The van der Waals surface area contributed by atoms with E-state index in [0.717, 1.165) is 32.3 Å². The summed E-state index contributed by atoms with van der Waals surface area (Å²) in [5.74, 6) is 0.979. The Bertz CT molecular complexity index is 1220. The first-order valence-corrected chi connectivity index (χ1v) is 11.1. The molecule has 30 heavy (non-hydrogen) atoms. The molecule has 5 rings (SSSR count). The first-order chi connectivity index (χ1) is 14.6. The number of pyridine rings is 1. The fraction of sp³-hybridized carbons (Fsp3) is 0.136. The van der Waals surface area contributed by atoms with Gasteiger partial charge in [0.1, 0.15) is 0 Å². The van der Waals surface area contributed by atoms with E-state index in [4.69, 9.17) is 5.10 Å². The van der Waals surface area contributed by atoms with Gasteiger partial charge in [-0.25, -0.2) is 14.6 Å². The van der Waals surface area contributed by atoms with Crippen molar-refractivity contribution in [2.24, 2.45) is 7.05 Å². The number of aryl methyl sites for hydroxylation is 1. The molecule has 4 heterocycles. The molecule has 1 aromatic carbocycles. The molecule has 0 fully saturated rings. The van der Waals surface area contributed by atoms with E-state index in [9.17, 15) is 0 Å². The molecule has 0 amide bonds. The van der Waals surface area contributed by atoms with Crippen LogP contribution in [-0.2, 0) is 7.05 Å². The van der Waals surface area contributed by atoms with E-state index in [1.54, 1.807) is 29.7 Å². The number of benzene rings is 1. The van der Waals surface area contributed by atoms with Gasteiger partial charge in [-0.2, -0.15) is 5.10 Å². The largest absolute Gasteiger partial charge is 0.350 e. The van der Waals surface area contributed by atoms with Crippen molar-refractivity contribution in [1.82, 2.24) is 24.3 Å². The van der Waals surface area contributed by atoms with Crippen molar-refractivity contribution in [3.05, 3.63) is 84.1 Å². The van der Waals surface area contributed by atoms with Crippen LogP contribution in [0.1, 0.15) is 24.1 Å². The third-order valence-corrected chi connectivity index (χ3v) is 6.97. The van der Waals surface area contributed by atoms with Gasteiger partial charge in [-0.1, -0.05) is 43.1 Å². The Morgan fingerprint density at radius 3 is 2.80 bits per heavy atom. The Hall–Kier alpha value is -2.97. The molecule has 6 nitrogen and oxygen atoms in total. The van der Waals surface area contributed by atoms with E-state index in [1.807, 2.05) is 47.0 Å². The molecule has 1 aliphatic rings. The number of hydrogen-bond donors (Lipinski definition) is 1. The number of nitrogens with one attached hydrogen (secondary N) is 1. The highest BCUT2D eigenvalue weighted by molar-refractivity contribution is 8.03. The third kappa shape index (κ3) is 3.64. The first kappa shape index (κ1) is 19.0. The lowest BCUT2D eigenvalue weighted by Crippen LogP contribution is -2.02. The molecule has 4 aromatic rings. The highest BCUT2D eigenvalue weighted by Gasteiger charge is 2.18. The summed E-state index contributed by atoms with van der Waals surface area (Å²) < 4.78 is 3.82. The zero-order valence-electron chi connectivity index (χ0n) is 16.6. The SMILES string of the molecule is C=C1Nc2ccc(C(C)c3ccn(-c4ccc(Sc5nccn5C)cn4)n3)cc2S1. The van der Waals surface area contributed by atoms with Crippen molar-refractivity contribution in [1.29, 1.82) is 0 Å². The summed E-state index contributed by atoms with van der Waals surface area (Å²) in [6.45, 7) is 6.17. The van der Waals surface area contributed by atoms with Crippen LogP contribution in [-0.4, -0.2) is 24.3 Å². The zero-order valence-corrected chi connectivity index (χ0v) is 18.2. The first-order valence-electron chi connectivity index (χ1n) is 9.52. The average Bonchev–Trinajstić information content (AvgIpc) is 3.47. The van der Waals surface area contributed by atoms with Crippen LogP contribution in [0, 0.1) is 0 Å². The van der Waals surface area contributed by atoms with E-state index in [0.29, 0.717) is 0 Å². The number of aromatic nitrogens is 5. The van der Waals surface area contributed by atoms with Gasteiger partial charge >= 0.3 is 0 Å². The Morgan fingerprint density at radius 1 is 1.13 bits per heavy atom. The van der Waals surface area contributed by atoms with Crippen LogP contribution < -0.4 is 5.32 Å². The standard InChI is InChI=1S/C22H20N6S2/c1-14(16-4-6-19-20(12-16)29-15(2)25-19)18-8-10-28(26-18)21-7-5-17(13-24-21)30-22-23-9-11-27(22)3/h4-14,25H,2H2,1,3H3. The number of rotatable bonds is 5. The molecular formula is C22H20N6S2. The maximum atomic E-state index is 4.78. The van der Waals surface area contributed by atoms with Crippen LogP contribution in [0.4, 0.5) is 5.69 Å². The lowest BCUT2D eigenvalue weighted by Gasteiger charge is -2.10. The second kappa shape index (κ2) is 7.70. The summed E-state index contributed by atoms with van der Waals surface area (Å²) in [6, 6.07) is 12.6. The summed E-state index contributed by atoms with van der Waals surface area (Å²) in [5, 5.41) is 9.96. The topological polar surface area (TPSA) is 60.6 Å². The minimum atomic E-state index is 0.184. The second-order valence-corrected chi connectivity index (χ2v) is 9.27. The number of nitrogens with zero attached hydrogens (tertiary/aromatic N) is 5. The van der Waals surface area contributed by atoms with Crippen molar-refractivity contribution < 1.29 is 0 Å². The van der Waals surface area contributed by atoms with Crippen LogP contribution in [0.3, 0.4) is 0 Å². The van der Waals surface area contributed by atoms with Gasteiger partial charge in [0, 0.05) is 47.5 Å². The molecule has 0 radical (unpaired) electrons. The van der Waals surface area contributed by atoms with Crippen molar-refractivity contribution in [2.45, 2.75) is 27.8 Å². The van der Waals surface area contributed by atoms with E-state index in [2.05, 4.69) is 53.1 Å². The molecule has 150 valence electrons. The fourth-order valence-corrected chi connectivity index (χ4v) is 4.92. The van der Waals surface area contributed by atoms with Crippen molar-refractivity contribution >= 4 is 29.2 Å². The number of hydrogen-bond acceptors (Lipinski definition) is 6. The molecule has 0 spiro atoms. The summed E-state index contributed by atoms with van der Waals surface area (Å²) in [5.41, 5.74) is 3.37. The van der Waals surface area contributed by atoms with E-state index in [1.165, 1.54) is 10.5 Å². The van der Waals surface area contributed by atoms with Crippen LogP contribution in [0.15, 0.2) is 87.7 Å². The van der Waals surface area contributed by atoms with Crippen molar-refractivity contribution in [3.8, 4) is 5.82 Å². The molecule has 8 heteroatoms. The van der Waals surface area contributed by atoms with Gasteiger partial charge in [-0.15, -0.1) is 0 Å². The van der Waals surface area contributed by atoms with Gasteiger partial charge in [0.25, 0.3) is 0 Å². The number of anilines is 1. The maximum Gasteiger partial charge on any atom is 0.172 e. The lowest BCUT2D eigenvalue weighted by molar-refractivity contribution is 0.776. The van der Waals surface area contributed by atoms with Crippen molar-refractivity contribution in [3.63, 3.8) is 0 Å². The minimum Gasteiger partial charge on any atom is -0.350 e. The Morgan fingerprint density at radius 2 is 2.03 bits per heavy atom. The maximum absolute atomic E-state index is 4.78. The fourth-order valence-electron chi connectivity index (χ4n) is 3.30. The normalized spacial score (nSPS) is 13.9. The quantitative estimate of drug-likeness (QED) is 0.462. The summed E-state index contributed by atoms with van der Waals surface area (Å²) in [7, 11) is 1.98. The molecule has 0 saturated carbocycles. The predicted molar refractivity (Wildman–Crippen MR) is 121 cm³/mol. The second-order valence-electron chi connectivity index (χ2n) is 7.09. The van der Waals surface area contributed by atoms with E-state index >= 15 is 0 Å². The van der Waals surface area contributed by atoms with E-state index in [-0.39, 0.29) is 5.92 Å². The van der Waals surface area contributed by atoms with Gasteiger partial charge in [-0.3, -0.25) is 0 Å². The zero-order chi connectivity index (χ0) is 20.7. The molecule has 1 aliphatic heterocycles. The van der Waals surface area contributed by atoms with Crippen molar-refractivity contribution in [2.75, 3.05) is 5.32 Å². The molecule has 0 bridgehead atoms. The third-order valence-electron chi connectivity index (χ3n) is 5.01. The van der Waals surface area contributed by atoms with Gasteiger partial charge in [-0.05, 0) is 35.9 Å². The summed E-state index contributed by atoms with van der Waals surface area (Å²) in [4.78, 5) is 11.2. The van der Waals surface area contributed by atoms with Crippen LogP contribution in [0.5, 0.6) is 0 Å².